The number of furan rings is 1. The summed E-state index contributed by atoms with van der Waals surface area (Å²) in [6.07, 6.45) is 13.9. The van der Waals surface area contributed by atoms with Gasteiger partial charge in [0, 0.05) is 24.1 Å². The molecule has 0 aliphatic carbocycles. The van der Waals surface area contributed by atoms with E-state index in [2.05, 4.69) is 13.8 Å². The first kappa shape index (κ1) is 37.1. The summed E-state index contributed by atoms with van der Waals surface area (Å²) in [4.78, 5) is 26.0. The molecule has 2 heterocycles. The Kier molecular flexibility index (Phi) is 14.3. The quantitative estimate of drug-likeness (QED) is 0.0428. The number of unbranched alkanes of at least 4 members (excludes halogenated alkanes) is 10. The Morgan fingerprint density at radius 2 is 1.22 bits per heavy atom. The summed E-state index contributed by atoms with van der Waals surface area (Å²) in [5.74, 6) is 0.827. The van der Waals surface area contributed by atoms with E-state index in [1.54, 1.807) is 37.3 Å². The monoisotopic (exact) mass is 698 g/mol. The average molecular weight is 699 g/mol. The number of rotatable bonds is 21. The van der Waals surface area contributed by atoms with E-state index in [4.69, 9.17) is 23.4 Å². The van der Waals surface area contributed by atoms with Gasteiger partial charge in [0.05, 0.1) is 11.3 Å². The summed E-state index contributed by atoms with van der Waals surface area (Å²) >= 11 is 1.31. The molecule has 5 aromatic rings. The second-order valence-corrected chi connectivity index (χ2v) is 13.9. The third-order valence-electron chi connectivity index (χ3n) is 8.75. The van der Waals surface area contributed by atoms with E-state index in [0.29, 0.717) is 34.1 Å². The number of benzene rings is 3. The molecule has 0 aliphatic rings. The van der Waals surface area contributed by atoms with E-state index < -0.39 is 18.0 Å². The molecular weight excluding hydrogens is 649 g/mol. The van der Waals surface area contributed by atoms with Gasteiger partial charge < -0.3 is 23.4 Å². The number of hydrogen-bond donors (Lipinski definition) is 0. The highest BCUT2D eigenvalue weighted by molar-refractivity contribution is 7.21. The molecule has 2 aromatic heterocycles. The Hall–Kier alpha value is -4.14. The van der Waals surface area contributed by atoms with E-state index in [9.17, 15) is 9.59 Å². The van der Waals surface area contributed by atoms with Gasteiger partial charge in [0.25, 0.3) is 0 Å². The van der Waals surface area contributed by atoms with Crippen molar-refractivity contribution in [3.8, 4) is 28.4 Å². The van der Waals surface area contributed by atoms with Crippen molar-refractivity contribution in [3.63, 3.8) is 0 Å². The van der Waals surface area contributed by atoms with E-state index in [1.807, 2.05) is 42.5 Å². The fourth-order valence-corrected chi connectivity index (χ4v) is 6.78. The fourth-order valence-electron chi connectivity index (χ4n) is 5.79. The van der Waals surface area contributed by atoms with Crippen LogP contribution in [0.15, 0.2) is 77.2 Å². The van der Waals surface area contributed by atoms with Gasteiger partial charge in [-0.25, -0.2) is 9.59 Å². The van der Waals surface area contributed by atoms with Crippen LogP contribution < -0.4 is 14.2 Å². The van der Waals surface area contributed by atoms with Crippen LogP contribution in [0.5, 0.6) is 17.2 Å². The van der Waals surface area contributed by atoms with Crippen LogP contribution in [0.4, 0.5) is 0 Å². The van der Waals surface area contributed by atoms with Crippen LogP contribution in [0, 0.1) is 0 Å². The lowest BCUT2D eigenvalue weighted by Gasteiger charge is -2.12. The molecule has 7 nitrogen and oxygen atoms in total. The van der Waals surface area contributed by atoms with Gasteiger partial charge >= 0.3 is 11.9 Å². The highest BCUT2D eigenvalue weighted by Gasteiger charge is 2.20. The maximum absolute atomic E-state index is 13.0. The Morgan fingerprint density at radius 3 is 1.90 bits per heavy atom. The first-order valence-electron chi connectivity index (χ1n) is 18.3. The molecule has 5 rings (SSSR count). The third-order valence-corrected chi connectivity index (χ3v) is 9.88. The van der Waals surface area contributed by atoms with Crippen LogP contribution in [0.3, 0.4) is 0 Å². The normalized spacial score (nSPS) is 12.0. The lowest BCUT2D eigenvalue weighted by atomic mass is 10.1. The molecule has 50 heavy (non-hydrogen) atoms. The Bertz CT molecular complexity index is 1790. The smallest absolute Gasteiger partial charge is 0.353 e. The topological polar surface area (TPSA) is 84.2 Å². The van der Waals surface area contributed by atoms with Gasteiger partial charge in [-0.05, 0) is 67.3 Å². The minimum absolute atomic E-state index is 0.381. The van der Waals surface area contributed by atoms with E-state index in [1.165, 1.54) is 56.3 Å². The number of hydrogen-bond acceptors (Lipinski definition) is 8. The van der Waals surface area contributed by atoms with E-state index in [0.717, 1.165) is 65.7 Å². The highest BCUT2D eigenvalue weighted by atomic mass is 32.1. The van der Waals surface area contributed by atoms with Gasteiger partial charge in [-0.3, -0.25) is 0 Å². The molecule has 0 spiro atoms. The van der Waals surface area contributed by atoms with Gasteiger partial charge in [0.15, 0.2) is 6.10 Å². The summed E-state index contributed by atoms with van der Waals surface area (Å²) in [6.45, 7) is 7.38. The molecule has 1 unspecified atom stereocenters. The predicted molar refractivity (Wildman–Crippen MR) is 202 cm³/mol. The maximum Gasteiger partial charge on any atom is 0.353 e. The first-order chi connectivity index (χ1) is 24.4. The number of carbonyl (C=O) groups excluding carboxylic acids is 2. The van der Waals surface area contributed by atoms with Crippen LogP contribution in [-0.4, -0.2) is 31.3 Å². The van der Waals surface area contributed by atoms with Crippen molar-refractivity contribution in [2.24, 2.45) is 0 Å². The lowest BCUT2D eigenvalue weighted by Crippen LogP contribution is -2.26. The SMILES string of the molecule is CCCCCCCCCCOc1ccc(-c2ccc(OC(=O)c3cc4oc5cc(OC(=O)C(C)OCCCCCC)ccc5c4s3)cc2)cc1. The van der Waals surface area contributed by atoms with Crippen LogP contribution in [-0.2, 0) is 9.53 Å². The third kappa shape index (κ3) is 10.7. The standard InChI is InChI=1S/C42H50O7S/c1-4-6-8-10-11-12-13-15-27-46-33-20-16-31(17-21-33)32-18-22-34(23-19-32)47-42(44)39-29-38-40(50-39)36-25-24-35(28-37(36)49-38)48-41(43)30(3)45-26-14-9-7-5-2/h16-25,28-30H,4-15,26-27H2,1-3H3. The van der Waals surface area contributed by atoms with Crippen molar-refractivity contribution in [2.75, 3.05) is 13.2 Å². The molecule has 0 amide bonds. The van der Waals surface area contributed by atoms with Gasteiger partial charge in [-0.2, -0.15) is 0 Å². The molecule has 0 aliphatic heterocycles. The van der Waals surface area contributed by atoms with Gasteiger partial charge in [0.1, 0.15) is 33.3 Å². The van der Waals surface area contributed by atoms with Gasteiger partial charge in [-0.1, -0.05) is 102 Å². The zero-order valence-electron chi connectivity index (χ0n) is 29.7. The second-order valence-electron chi connectivity index (χ2n) is 12.8. The zero-order chi connectivity index (χ0) is 35.1. The summed E-state index contributed by atoms with van der Waals surface area (Å²) in [6, 6.07) is 22.5. The minimum atomic E-state index is -0.655. The number of thiophene rings is 1. The molecule has 8 heteroatoms. The number of carbonyl (C=O) groups is 2. The molecule has 3 aromatic carbocycles. The highest BCUT2D eigenvalue weighted by Crippen LogP contribution is 2.37. The predicted octanol–water partition coefficient (Wildman–Crippen LogP) is 11.9. The van der Waals surface area contributed by atoms with Gasteiger partial charge in [-0.15, -0.1) is 11.3 Å². The Morgan fingerprint density at radius 1 is 0.640 bits per heavy atom. The van der Waals surface area contributed by atoms with E-state index >= 15 is 0 Å². The van der Waals surface area contributed by atoms with Crippen molar-refractivity contribution < 1.29 is 33.0 Å². The minimum Gasteiger partial charge on any atom is -0.494 e. The summed E-state index contributed by atoms with van der Waals surface area (Å²) in [5, 5.41) is 0.831. The largest absolute Gasteiger partial charge is 0.494 e. The molecule has 266 valence electrons. The van der Waals surface area contributed by atoms with Crippen molar-refractivity contribution in [3.05, 3.63) is 77.7 Å². The van der Waals surface area contributed by atoms with Crippen LogP contribution in [0.2, 0.25) is 0 Å². The van der Waals surface area contributed by atoms with Crippen molar-refractivity contribution in [2.45, 2.75) is 104 Å². The van der Waals surface area contributed by atoms with E-state index in [-0.39, 0.29) is 0 Å². The Balaban J connectivity index is 1.09. The second kappa shape index (κ2) is 19.3. The molecule has 0 bridgehead atoms. The molecule has 1 atom stereocenters. The maximum atomic E-state index is 13.0. The van der Waals surface area contributed by atoms with Crippen LogP contribution in [0.25, 0.3) is 32.4 Å². The summed E-state index contributed by atoms with van der Waals surface area (Å²) < 4.78 is 29.7. The number of esters is 2. The average Bonchev–Trinajstić information content (AvgIpc) is 3.69. The number of ether oxygens (including phenoxy) is 4. The fraction of sp³-hybridized carbons (Fsp3) is 0.429. The first-order valence-corrected chi connectivity index (χ1v) is 19.1. The molecule has 0 N–H and O–H groups in total. The van der Waals surface area contributed by atoms with Crippen LogP contribution >= 0.6 is 11.3 Å². The number of fused-ring (bicyclic) bond motifs is 3. The molecular formula is C42H50O7S. The van der Waals surface area contributed by atoms with Crippen molar-refractivity contribution in [1.29, 1.82) is 0 Å². The Labute approximate surface area is 299 Å². The zero-order valence-corrected chi connectivity index (χ0v) is 30.5. The van der Waals surface area contributed by atoms with Crippen LogP contribution in [0.1, 0.15) is 107 Å². The van der Waals surface area contributed by atoms with Gasteiger partial charge in [0.2, 0.25) is 0 Å². The summed E-state index contributed by atoms with van der Waals surface area (Å²) in [5.41, 5.74) is 3.23. The van der Waals surface area contributed by atoms with Crippen molar-refractivity contribution in [1.82, 2.24) is 0 Å². The summed E-state index contributed by atoms with van der Waals surface area (Å²) in [7, 11) is 0. The molecule has 0 saturated carbocycles. The molecule has 0 radical (unpaired) electrons. The van der Waals surface area contributed by atoms with Crippen molar-refractivity contribution >= 4 is 44.5 Å². The molecule has 0 fully saturated rings. The lowest BCUT2D eigenvalue weighted by molar-refractivity contribution is -0.146. The molecule has 0 saturated heterocycles.